The lowest BCUT2D eigenvalue weighted by Gasteiger charge is -2.11. The van der Waals surface area contributed by atoms with Gasteiger partial charge >= 0.3 is 0 Å². The Morgan fingerprint density at radius 2 is 2.07 bits per heavy atom. The topological polar surface area (TPSA) is 29.5 Å². The number of hydrogen-bond acceptors (Lipinski definition) is 2. The molecule has 84 valence electrons. The minimum absolute atomic E-state index is 0.284. The van der Waals surface area contributed by atoms with E-state index in [1.807, 2.05) is 6.92 Å². The van der Waals surface area contributed by atoms with E-state index in [1.165, 1.54) is 0 Å². The standard InChI is InChI=1S/C11H14Cl2O2/c1-2-5-15-7-11(14)8-3-4-9(12)10(13)6-8/h3-4,6,11,14H,2,5,7H2,1H3. The molecular weight excluding hydrogens is 235 g/mol. The zero-order valence-electron chi connectivity index (χ0n) is 8.54. The third-order valence-corrected chi connectivity index (χ3v) is 2.69. The fourth-order valence-electron chi connectivity index (χ4n) is 1.16. The first-order valence-electron chi connectivity index (χ1n) is 4.86. The van der Waals surface area contributed by atoms with Gasteiger partial charge in [-0.2, -0.15) is 0 Å². The third-order valence-electron chi connectivity index (χ3n) is 1.95. The van der Waals surface area contributed by atoms with Crippen LogP contribution in [0, 0.1) is 0 Å². The van der Waals surface area contributed by atoms with Gasteiger partial charge in [0.05, 0.1) is 16.7 Å². The Kier molecular flexibility index (Phi) is 5.40. The number of aliphatic hydroxyl groups is 1. The molecule has 1 atom stereocenters. The second-order valence-corrected chi connectivity index (χ2v) is 4.08. The third kappa shape index (κ3) is 3.99. The molecule has 0 saturated heterocycles. The van der Waals surface area contributed by atoms with Gasteiger partial charge in [0.2, 0.25) is 0 Å². The fourth-order valence-corrected chi connectivity index (χ4v) is 1.46. The van der Waals surface area contributed by atoms with Crippen molar-refractivity contribution < 1.29 is 9.84 Å². The van der Waals surface area contributed by atoms with Crippen LogP contribution in [0.2, 0.25) is 10.0 Å². The largest absolute Gasteiger partial charge is 0.386 e. The molecule has 0 fully saturated rings. The molecule has 0 aliphatic heterocycles. The molecule has 1 rings (SSSR count). The summed E-state index contributed by atoms with van der Waals surface area (Å²) in [5.41, 5.74) is 0.723. The molecule has 1 aromatic carbocycles. The number of hydrogen-bond donors (Lipinski definition) is 1. The first-order valence-corrected chi connectivity index (χ1v) is 5.61. The summed E-state index contributed by atoms with van der Waals surface area (Å²) in [5, 5.41) is 10.7. The molecule has 0 saturated carbocycles. The van der Waals surface area contributed by atoms with Gasteiger partial charge in [-0.15, -0.1) is 0 Å². The highest BCUT2D eigenvalue weighted by molar-refractivity contribution is 6.42. The van der Waals surface area contributed by atoms with Gasteiger partial charge in [0.15, 0.2) is 0 Å². The lowest BCUT2D eigenvalue weighted by Crippen LogP contribution is -2.07. The fraction of sp³-hybridized carbons (Fsp3) is 0.455. The van der Waals surface area contributed by atoms with E-state index in [1.54, 1.807) is 18.2 Å². The average Bonchev–Trinajstić information content (AvgIpc) is 2.22. The molecule has 4 heteroatoms. The van der Waals surface area contributed by atoms with Crippen LogP contribution in [-0.2, 0) is 4.74 Å². The summed E-state index contributed by atoms with van der Waals surface area (Å²) in [6.07, 6.45) is 0.292. The molecule has 0 bridgehead atoms. The number of benzene rings is 1. The van der Waals surface area contributed by atoms with Gasteiger partial charge in [-0.3, -0.25) is 0 Å². The van der Waals surface area contributed by atoms with Gasteiger partial charge < -0.3 is 9.84 Å². The molecule has 2 nitrogen and oxygen atoms in total. The van der Waals surface area contributed by atoms with Crippen LogP contribution in [0.4, 0.5) is 0 Å². The maximum absolute atomic E-state index is 9.74. The van der Waals surface area contributed by atoms with E-state index in [0.29, 0.717) is 16.7 Å². The molecular formula is C11H14Cl2O2. The second-order valence-electron chi connectivity index (χ2n) is 3.26. The van der Waals surface area contributed by atoms with Gasteiger partial charge in [-0.25, -0.2) is 0 Å². The number of aliphatic hydroxyl groups excluding tert-OH is 1. The van der Waals surface area contributed by atoms with E-state index < -0.39 is 6.10 Å². The van der Waals surface area contributed by atoms with E-state index in [-0.39, 0.29) is 6.61 Å². The average molecular weight is 249 g/mol. The van der Waals surface area contributed by atoms with Crippen molar-refractivity contribution >= 4 is 23.2 Å². The van der Waals surface area contributed by atoms with Gasteiger partial charge in [-0.1, -0.05) is 36.2 Å². The van der Waals surface area contributed by atoms with Crippen LogP contribution >= 0.6 is 23.2 Å². The Morgan fingerprint density at radius 1 is 1.33 bits per heavy atom. The zero-order valence-corrected chi connectivity index (χ0v) is 10.1. The van der Waals surface area contributed by atoms with Gasteiger partial charge in [0, 0.05) is 6.61 Å². The minimum Gasteiger partial charge on any atom is -0.386 e. The molecule has 1 unspecified atom stereocenters. The number of ether oxygens (including phenoxy) is 1. The lowest BCUT2D eigenvalue weighted by atomic mass is 10.1. The molecule has 15 heavy (non-hydrogen) atoms. The van der Waals surface area contributed by atoms with Crippen LogP contribution in [0.1, 0.15) is 25.0 Å². The van der Waals surface area contributed by atoms with Crippen LogP contribution in [0.5, 0.6) is 0 Å². The summed E-state index contributed by atoms with van der Waals surface area (Å²) < 4.78 is 5.24. The predicted octanol–water partition coefficient (Wildman–Crippen LogP) is 3.45. The summed E-state index contributed by atoms with van der Waals surface area (Å²) in [6, 6.07) is 5.07. The van der Waals surface area contributed by atoms with Gasteiger partial charge in [-0.05, 0) is 24.1 Å². The van der Waals surface area contributed by atoms with Crippen molar-refractivity contribution in [1.29, 1.82) is 0 Å². The van der Waals surface area contributed by atoms with Crippen molar-refractivity contribution in [3.63, 3.8) is 0 Å². The molecule has 1 N–H and O–H groups in total. The Labute approximate surface area is 99.8 Å². The van der Waals surface area contributed by atoms with E-state index in [9.17, 15) is 5.11 Å². The molecule has 0 aromatic heterocycles. The van der Waals surface area contributed by atoms with Crippen LogP contribution in [0.25, 0.3) is 0 Å². The smallest absolute Gasteiger partial charge is 0.102 e. The highest BCUT2D eigenvalue weighted by Crippen LogP contribution is 2.25. The SMILES string of the molecule is CCCOCC(O)c1ccc(Cl)c(Cl)c1. The number of rotatable bonds is 5. The van der Waals surface area contributed by atoms with Crippen molar-refractivity contribution in [3.05, 3.63) is 33.8 Å². The van der Waals surface area contributed by atoms with E-state index in [4.69, 9.17) is 27.9 Å². The quantitative estimate of drug-likeness (QED) is 0.810. The Hall–Kier alpha value is -0.280. The van der Waals surface area contributed by atoms with Crippen LogP contribution in [0.15, 0.2) is 18.2 Å². The normalized spacial score (nSPS) is 12.8. The van der Waals surface area contributed by atoms with Crippen LogP contribution < -0.4 is 0 Å². The first kappa shape index (κ1) is 12.8. The Bertz CT molecular complexity index is 315. The second kappa shape index (κ2) is 6.33. The first-order chi connectivity index (χ1) is 7.15. The molecule has 0 aliphatic carbocycles. The molecule has 0 aliphatic rings. The monoisotopic (exact) mass is 248 g/mol. The summed E-state index contributed by atoms with van der Waals surface area (Å²) in [4.78, 5) is 0. The summed E-state index contributed by atoms with van der Waals surface area (Å²) >= 11 is 11.6. The predicted molar refractivity (Wildman–Crippen MR) is 62.5 cm³/mol. The van der Waals surface area contributed by atoms with Crippen molar-refractivity contribution in [2.45, 2.75) is 19.4 Å². The van der Waals surface area contributed by atoms with Gasteiger partial charge in [0.25, 0.3) is 0 Å². The maximum Gasteiger partial charge on any atom is 0.102 e. The maximum atomic E-state index is 9.74. The van der Waals surface area contributed by atoms with Crippen molar-refractivity contribution in [3.8, 4) is 0 Å². The van der Waals surface area contributed by atoms with E-state index >= 15 is 0 Å². The minimum atomic E-state index is -0.647. The molecule has 0 heterocycles. The molecule has 1 aromatic rings. The molecule has 0 amide bonds. The molecule has 0 spiro atoms. The summed E-state index contributed by atoms with van der Waals surface area (Å²) in [5.74, 6) is 0. The summed E-state index contributed by atoms with van der Waals surface area (Å²) in [6.45, 7) is 2.95. The van der Waals surface area contributed by atoms with Crippen LogP contribution in [0.3, 0.4) is 0 Å². The highest BCUT2D eigenvalue weighted by Gasteiger charge is 2.09. The lowest BCUT2D eigenvalue weighted by molar-refractivity contribution is 0.0364. The Balaban J connectivity index is 2.57. The number of halogens is 2. The molecule has 0 radical (unpaired) electrons. The van der Waals surface area contributed by atoms with Crippen molar-refractivity contribution in [2.24, 2.45) is 0 Å². The van der Waals surface area contributed by atoms with Crippen LogP contribution in [-0.4, -0.2) is 18.3 Å². The highest BCUT2D eigenvalue weighted by atomic mass is 35.5. The van der Waals surface area contributed by atoms with Crippen molar-refractivity contribution in [2.75, 3.05) is 13.2 Å². The van der Waals surface area contributed by atoms with E-state index in [2.05, 4.69) is 0 Å². The van der Waals surface area contributed by atoms with Gasteiger partial charge in [0.1, 0.15) is 6.10 Å². The Morgan fingerprint density at radius 3 is 2.67 bits per heavy atom. The van der Waals surface area contributed by atoms with Crippen molar-refractivity contribution in [1.82, 2.24) is 0 Å². The zero-order chi connectivity index (χ0) is 11.3. The summed E-state index contributed by atoms with van der Waals surface area (Å²) in [7, 11) is 0. The van der Waals surface area contributed by atoms with E-state index in [0.717, 1.165) is 12.0 Å².